The maximum absolute atomic E-state index is 12.4. The molecule has 2 heterocycles. The molecular weight excluding hydrogens is 376 g/mol. The molecule has 1 aromatic heterocycles. The summed E-state index contributed by atoms with van der Waals surface area (Å²) in [6.45, 7) is 1.66. The highest BCUT2D eigenvalue weighted by atomic mass is 16.5. The van der Waals surface area contributed by atoms with Crippen LogP contribution in [0.5, 0.6) is 11.5 Å². The van der Waals surface area contributed by atoms with Gasteiger partial charge in [-0.25, -0.2) is 4.98 Å². The molecule has 6 nitrogen and oxygen atoms in total. The van der Waals surface area contributed by atoms with E-state index in [-0.39, 0.29) is 5.91 Å². The Morgan fingerprint density at radius 1 is 1.00 bits per heavy atom. The van der Waals surface area contributed by atoms with Gasteiger partial charge in [-0.05, 0) is 73.4 Å². The highest BCUT2D eigenvalue weighted by Crippen LogP contribution is 2.24. The second-order valence-electron chi connectivity index (χ2n) is 7.45. The van der Waals surface area contributed by atoms with Gasteiger partial charge in [-0.1, -0.05) is 18.2 Å². The Kier molecular flexibility index (Phi) is 6.25. The molecule has 1 atom stereocenters. The van der Waals surface area contributed by atoms with Crippen LogP contribution in [0.2, 0.25) is 0 Å². The normalized spacial score (nSPS) is 14.4. The molecule has 1 fully saturated rings. The smallest absolute Gasteiger partial charge is 0.239 e. The van der Waals surface area contributed by atoms with Crippen molar-refractivity contribution in [1.29, 1.82) is 0 Å². The summed E-state index contributed by atoms with van der Waals surface area (Å²) in [6.07, 6.45) is 4.43. The van der Waals surface area contributed by atoms with Crippen LogP contribution >= 0.6 is 0 Å². The quantitative estimate of drug-likeness (QED) is 0.622. The number of amides is 1. The number of benzene rings is 2. The molecule has 1 aliphatic heterocycles. The van der Waals surface area contributed by atoms with Gasteiger partial charge >= 0.3 is 0 Å². The minimum Gasteiger partial charge on any atom is -0.457 e. The molecule has 3 aromatic rings. The first-order chi connectivity index (χ1) is 14.7. The molecule has 154 valence electrons. The topological polar surface area (TPSA) is 80.5 Å². The van der Waals surface area contributed by atoms with Crippen LogP contribution in [-0.2, 0) is 11.2 Å². The molecule has 6 heteroatoms. The molecule has 2 aromatic carbocycles. The molecule has 4 rings (SSSR count). The van der Waals surface area contributed by atoms with Gasteiger partial charge in [0.05, 0.1) is 6.04 Å². The minimum absolute atomic E-state index is 0.0484. The number of ether oxygens (including phenoxy) is 1. The highest BCUT2D eigenvalue weighted by molar-refractivity contribution is 5.82. The molecule has 3 N–H and O–H groups in total. The zero-order valence-corrected chi connectivity index (χ0v) is 16.8. The number of nitrogens with one attached hydrogen (secondary N) is 1. The van der Waals surface area contributed by atoms with Crippen molar-refractivity contribution in [2.45, 2.75) is 25.3 Å². The average Bonchev–Trinajstić information content (AvgIpc) is 3.31. The van der Waals surface area contributed by atoms with Gasteiger partial charge in [0.15, 0.2) is 0 Å². The van der Waals surface area contributed by atoms with E-state index in [1.807, 2.05) is 71.6 Å². The number of likely N-dealkylation sites (tertiary alicyclic amines) is 1. The number of pyridine rings is 1. The zero-order chi connectivity index (χ0) is 20.8. The highest BCUT2D eigenvalue weighted by Gasteiger charge is 2.23. The predicted octanol–water partition coefficient (Wildman–Crippen LogP) is 4.11. The van der Waals surface area contributed by atoms with Crippen molar-refractivity contribution in [3.05, 3.63) is 78.5 Å². The summed E-state index contributed by atoms with van der Waals surface area (Å²) in [6, 6.07) is 20.7. The van der Waals surface area contributed by atoms with E-state index in [9.17, 15) is 4.79 Å². The Morgan fingerprint density at radius 3 is 2.30 bits per heavy atom. The van der Waals surface area contributed by atoms with Gasteiger partial charge < -0.3 is 20.7 Å². The second-order valence-corrected chi connectivity index (χ2v) is 7.45. The Labute approximate surface area is 176 Å². The lowest BCUT2D eigenvalue weighted by atomic mass is 10.1. The van der Waals surface area contributed by atoms with Crippen molar-refractivity contribution in [3.63, 3.8) is 0 Å². The lowest BCUT2D eigenvalue weighted by molar-refractivity contribution is -0.131. The van der Waals surface area contributed by atoms with Crippen molar-refractivity contribution in [2.24, 2.45) is 5.73 Å². The summed E-state index contributed by atoms with van der Waals surface area (Å²) in [7, 11) is 0. The monoisotopic (exact) mass is 402 g/mol. The fraction of sp³-hybridized carbons (Fsp3) is 0.250. The fourth-order valence-electron chi connectivity index (χ4n) is 3.53. The molecule has 0 radical (unpaired) electrons. The first-order valence-electron chi connectivity index (χ1n) is 10.3. The number of nitrogens with zero attached hydrogens (tertiary/aromatic N) is 2. The Morgan fingerprint density at radius 2 is 1.67 bits per heavy atom. The summed E-state index contributed by atoms with van der Waals surface area (Å²) in [5.41, 5.74) is 8.09. The van der Waals surface area contributed by atoms with Gasteiger partial charge in [0, 0.05) is 25.0 Å². The van der Waals surface area contributed by atoms with E-state index in [0.717, 1.165) is 54.5 Å². The lowest BCUT2D eigenvalue weighted by Gasteiger charge is -2.20. The van der Waals surface area contributed by atoms with Crippen LogP contribution < -0.4 is 15.8 Å². The van der Waals surface area contributed by atoms with Gasteiger partial charge in [-0.15, -0.1) is 0 Å². The van der Waals surface area contributed by atoms with Crippen molar-refractivity contribution < 1.29 is 9.53 Å². The second kappa shape index (κ2) is 9.41. The number of anilines is 2. The minimum atomic E-state index is -0.492. The maximum Gasteiger partial charge on any atom is 0.239 e. The number of rotatable bonds is 7. The molecule has 0 aliphatic carbocycles. The van der Waals surface area contributed by atoms with E-state index >= 15 is 0 Å². The third-order valence-corrected chi connectivity index (χ3v) is 5.14. The van der Waals surface area contributed by atoms with Crippen molar-refractivity contribution in [3.8, 4) is 11.5 Å². The van der Waals surface area contributed by atoms with Crippen LogP contribution in [0.1, 0.15) is 18.4 Å². The number of carbonyl (C=O) groups excluding carboxylic acids is 1. The fourth-order valence-corrected chi connectivity index (χ4v) is 3.53. The molecule has 0 unspecified atom stereocenters. The van der Waals surface area contributed by atoms with Crippen LogP contribution in [0.3, 0.4) is 0 Å². The molecule has 1 aliphatic rings. The van der Waals surface area contributed by atoms with E-state index in [0.29, 0.717) is 6.42 Å². The van der Waals surface area contributed by atoms with Crippen LogP contribution in [0, 0.1) is 0 Å². The first kappa shape index (κ1) is 19.9. The zero-order valence-electron chi connectivity index (χ0n) is 16.8. The van der Waals surface area contributed by atoms with Gasteiger partial charge in [-0.2, -0.15) is 0 Å². The lowest BCUT2D eigenvalue weighted by Crippen LogP contribution is -2.43. The number of hydrogen-bond donors (Lipinski definition) is 2. The number of hydrogen-bond acceptors (Lipinski definition) is 5. The molecule has 0 saturated carbocycles. The van der Waals surface area contributed by atoms with Crippen molar-refractivity contribution in [1.82, 2.24) is 9.88 Å². The molecule has 1 amide bonds. The SMILES string of the molecule is N[C@@H](Cc1ccc(Oc2ccc(Nc3ccccn3)cc2)cc1)C(=O)N1CCCC1. The van der Waals surface area contributed by atoms with E-state index in [2.05, 4.69) is 10.3 Å². The number of aromatic nitrogens is 1. The third-order valence-electron chi connectivity index (χ3n) is 5.14. The molecule has 0 bridgehead atoms. The van der Waals surface area contributed by atoms with E-state index in [4.69, 9.17) is 10.5 Å². The third kappa shape index (κ3) is 5.15. The Balaban J connectivity index is 1.31. The maximum atomic E-state index is 12.4. The largest absolute Gasteiger partial charge is 0.457 e. The van der Waals surface area contributed by atoms with Crippen LogP contribution in [0.4, 0.5) is 11.5 Å². The van der Waals surface area contributed by atoms with E-state index < -0.39 is 6.04 Å². The average molecular weight is 402 g/mol. The van der Waals surface area contributed by atoms with Crippen LogP contribution in [0.15, 0.2) is 72.9 Å². The van der Waals surface area contributed by atoms with Gasteiger partial charge in [0.25, 0.3) is 0 Å². The van der Waals surface area contributed by atoms with Crippen LogP contribution in [-0.4, -0.2) is 34.9 Å². The Hall–Kier alpha value is -3.38. The van der Waals surface area contributed by atoms with Crippen molar-refractivity contribution in [2.75, 3.05) is 18.4 Å². The summed E-state index contributed by atoms with van der Waals surface area (Å²) < 4.78 is 5.92. The Bertz CT molecular complexity index is 953. The molecule has 1 saturated heterocycles. The van der Waals surface area contributed by atoms with E-state index in [1.54, 1.807) is 6.20 Å². The molecule has 0 spiro atoms. The molecular formula is C24H26N4O2. The number of nitrogens with two attached hydrogens (primary N) is 1. The standard InChI is InChI=1S/C24H26N4O2/c25-22(24(29)28-15-3-4-16-28)17-18-6-10-20(11-7-18)30-21-12-8-19(9-13-21)27-23-5-1-2-14-26-23/h1-2,5-14,22H,3-4,15-17,25H2,(H,26,27)/t22-/m0/s1. The van der Waals surface area contributed by atoms with Gasteiger partial charge in [-0.3, -0.25) is 4.79 Å². The molecule has 30 heavy (non-hydrogen) atoms. The van der Waals surface area contributed by atoms with Gasteiger partial charge in [0.1, 0.15) is 17.3 Å². The number of carbonyl (C=O) groups is 1. The first-order valence-corrected chi connectivity index (χ1v) is 10.3. The summed E-state index contributed by atoms with van der Waals surface area (Å²) in [5, 5.41) is 3.24. The van der Waals surface area contributed by atoms with Gasteiger partial charge in [0.2, 0.25) is 5.91 Å². The summed E-state index contributed by atoms with van der Waals surface area (Å²) >= 11 is 0. The van der Waals surface area contributed by atoms with E-state index in [1.165, 1.54) is 0 Å². The summed E-state index contributed by atoms with van der Waals surface area (Å²) in [4.78, 5) is 18.5. The van der Waals surface area contributed by atoms with Crippen molar-refractivity contribution >= 4 is 17.4 Å². The predicted molar refractivity (Wildman–Crippen MR) is 118 cm³/mol. The van der Waals surface area contributed by atoms with Crippen LogP contribution in [0.25, 0.3) is 0 Å². The summed E-state index contributed by atoms with van der Waals surface area (Å²) in [5.74, 6) is 2.33.